The van der Waals surface area contributed by atoms with Crippen molar-refractivity contribution in [3.8, 4) is 12.1 Å². The maximum atomic E-state index is 13.9. The van der Waals surface area contributed by atoms with E-state index in [-0.39, 0.29) is 12.1 Å². The van der Waals surface area contributed by atoms with Crippen molar-refractivity contribution < 1.29 is 9.13 Å². The van der Waals surface area contributed by atoms with E-state index >= 15 is 0 Å². The van der Waals surface area contributed by atoms with Crippen molar-refractivity contribution in [3.63, 3.8) is 0 Å². The van der Waals surface area contributed by atoms with Gasteiger partial charge in [-0.3, -0.25) is 4.90 Å². The second kappa shape index (κ2) is 10.7. The van der Waals surface area contributed by atoms with Crippen LogP contribution in [0, 0.1) is 11.3 Å². The van der Waals surface area contributed by atoms with Crippen LogP contribution in [0.25, 0.3) is 10.8 Å². The molecule has 1 aromatic heterocycles. The van der Waals surface area contributed by atoms with Gasteiger partial charge in [-0.05, 0) is 31.3 Å². The smallest absolute Gasteiger partial charge is 0.318 e. The molecule has 9 heteroatoms. The minimum Gasteiger partial charge on any atom is -0.462 e. The van der Waals surface area contributed by atoms with E-state index < -0.39 is 6.17 Å². The number of benzene rings is 2. The second-order valence-electron chi connectivity index (χ2n) is 10.6. The summed E-state index contributed by atoms with van der Waals surface area (Å²) in [4.78, 5) is 16.5. The van der Waals surface area contributed by atoms with E-state index in [0.29, 0.717) is 38.5 Å². The van der Waals surface area contributed by atoms with Gasteiger partial charge in [0.25, 0.3) is 0 Å². The Kier molecular flexibility index (Phi) is 7.00. The molecular weight excluding hydrogens is 481 g/mol. The Labute approximate surface area is 223 Å². The highest BCUT2D eigenvalue weighted by atomic mass is 19.1. The van der Waals surface area contributed by atoms with Crippen LogP contribution in [-0.4, -0.2) is 79.5 Å². The molecule has 1 N–H and O–H groups in total. The van der Waals surface area contributed by atoms with Crippen LogP contribution in [0.5, 0.6) is 6.01 Å². The molecule has 2 fully saturated rings. The van der Waals surface area contributed by atoms with E-state index in [9.17, 15) is 9.65 Å². The number of likely N-dealkylation sites (tertiary alicyclic amines) is 1. The maximum absolute atomic E-state index is 13.9. The monoisotopic (exact) mass is 515 g/mol. The lowest BCUT2D eigenvalue weighted by Crippen LogP contribution is -2.51. The van der Waals surface area contributed by atoms with Gasteiger partial charge < -0.3 is 19.9 Å². The summed E-state index contributed by atoms with van der Waals surface area (Å²) in [7, 11) is 1.94. The van der Waals surface area contributed by atoms with Gasteiger partial charge in [-0.15, -0.1) is 0 Å². The Morgan fingerprint density at radius 2 is 1.97 bits per heavy atom. The summed E-state index contributed by atoms with van der Waals surface area (Å²) in [6, 6.07) is 17.7. The van der Waals surface area contributed by atoms with Crippen LogP contribution in [-0.2, 0) is 13.0 Å². The molecular formula is C29H34FN7O. The molecule has 2 aromatic carbocycles. The first-order valence-corrected chi connectivity index (χ1v) is 13.5. The fourth-order valence-electron chi connectivity index (χ4n) is 6.05. The third-order valence-electron chi connectivity index (χ3n) is 8.06. The number of aromatic nitrogens is 2. The predicted molar refractivity (Wildman–Crippen MR) is 146 cm³/mol. The molecule has 4 heterocycles. The second-order valence-corrected chi connectivity index (χ2v) is 10.6. The number of hydrogen-bond acceptors (Lipinski definition) is 8. The number of rotatable bonds is 6. The number of nitrogens with zero attached hydrogens (tertiary/aromatic N) is 6. The highest BCUT2D eigenvalue weighted by Gasteiger charge is 2.32. The van der Waals surface area contributed by atoms with E-state index in [1.807, 2.05) is 11.9 Å². The molecule has 3 atom stereocenters. The van der Waals surface area contributed by atoms with Crippen LogP contribution in [0.2, 0.25) is 0 Å². The number of halogens is 1. The Balaban J connectivity index is 1.31. The van der Waals surface area contributed by atoms with Gasteiger partial charge in [0.05, 0.1) is 24.7 Å². The molecule has 1 unspecified atom stereocenters. The molecule has 3 aliphatic rings. The average molecular weight is 516 g/mol. The lowest BCUT2D eigenvalue weighted by molar-refractivity contribution is 0.187. The van der Waals surface area contributed by atoms with Crippen molar-refractivity contribution in [1.82, 2.24) is 20.2 Å². The van der Waals surface area contributed by atoms with Crippen molar-refractivity contribution in [2.75, 3.05) is 56.2 Å². The molecule has 38 heavy (non-hydrogen) atoms. The van der Waals surface area contributed by atoms with E-state index in [1.54, 1.807) is 0 Å². The Morgan fingerprint density at radius 3 is 2.82 bits per heavy atom. The van der Waals surface area contributed by atoms with Crippen LogP contribution < -0.4 is 19.9 Å². The van der Waals surface area contributed by atoms with Crippen molar-refractivity contribution >= 4 is 22.3 Å². The summed E-state index contributed by atoms with van der Waals surface area (Å²) in [6.45, 7) is 4.67. The van der Waals surface area contributed by atoms with Crippen LogP contribution in [0.1, 0.15) is 24.1 Å². The number of piperazine rings is 1. The SMILES string of the molecule is CN1C[C@H](F)C[C@H]1COc1nc2c(c(N3CCNC(CC#N)C3)n1)CCN(c1cccc3ccccc13)C2. The lowest BCUT2D eigenvalue weighted by atomic mass is 10.0. The summed E-state index contributed by atoms with van der Waals surface area (Å²) in [5.74, 6) is 0.912. The van der Waals surface area contributed by atoms with Gasteiger partial charge in [0, 0.05) is 61.4 Å². The molecule has 0 spiro atoms. The van der Waals surface area contributed by atoms with Crippen molar-refractivity contribution in [3.05, 3.63) is 53.7 Å². The highest BCUT2D eigenvalue weighted by molar-refractivity contribution is 5.94. The van der Waals surface area contributed by atoms with Gasteiger partial charge >= 0.3 is 6.01 Å². The van der Waals surface area contributed by atoms with Crippen molar-refractivity contribution in [1.29, 1.82) is 5.26 Å². The summed E-state index contributed by atoms with van der Waals surface area (Å²) in [6.07, 6.45) is 0.938. The van der Waals surface area contributed by atoms with Crippen LogP contribution >= 0.6 is 0 Å². The molecule has 0 bridgehead atoms. The standard InChI is InChI=1S/C29H34FN7O/c1-35-16-21(30)15-23(35)19-38-29-33-26-18-36(27-8-4-6-20-5-2-3-7-24(20)27)13-10-25(26)28(34-29)37-14-12-32-22(17-37)9-11-31/h2-8,21-23,32H,9-10,12-19H2,1H3/t21-,22?,23+/m1/s1. The van der Waals surface area contributed by atoms with Gasteiger partial charge in [0.1, 0.15) is 18.6 Å². The Hall–Kier alpha value is -3.48. The third kappa shape index (κ3) is 4.98. The largest absolute Gasteiger partial charge is 0.462 e. The minimum atomic E-state index is -0.819. The van der Waals surface area contributed by atoms with E-state index in [0.717, 1.165) is 49.7 Å². The minimum absolute atomic E-state index is 0.0134. The molecule has 6 rings (SSSR count). The van der Waals surface area contributed by atoms with Crippen LogP contribution in [0.3, 0.4) is 0 Å². The number of nitrogens with one attached hydrogen (secondary N) is 1. The molecule has 3 aliphatic heterocycles. The lowest BCUT2D eigenvalue weighted by Gasteiger charge is -2.37. The van der Waals surface area contributed by atoms with Gasteiger partial charge in [0.15, 0.2) is 0 Å². The Morgan fingerprint density at radius 1 is 1.11 bits per heavy atom. The number of ether oxygens (including phenoxy) is 1. The molecule has 2 saturated heterocycles. The van der Waals surface area contributed by atoms with Gasteiger partial charge in [-0.2, -0.15) is 15.2 Å². The molecule has 3 aromatic rings. The van der Waals surface area contributed by atoms with E-state index in [2.05, 4.69) is 63.7 Å². The number of alkyl halides is 1. The van der Waals surface area contributed by atoms with Crippen molar-refractivity contribution in [2.45, 2.75) is 44.1 Å². The predicted octanol–water partition coefficient (Wildman–Crippen LogP) is 3.31. The number of nitriles is 1. The van der Waals surface area contributed by atoms with Crippen molar-refractivity contribution in [2.24, 2.45) is 0 Å². The molecule has 198 valence electrons. The number of hydrogen-bond donors (Lipinski definition) is 1. The van der Waals surface area contributed by atoms with Gasteiger partial charge in [-0.1, -0.05) is 36.4 Å². The number of anilines is 2. The topological polar surface area (TPSA) is 80.5 Å². The molecule has 0 amide bonds. The molecule has 0 saturated carbocycles. The molecule has 0 aliphatic carbocycles. The van der Waals surface area contributed by atoms with Gasteiger partial charge in [-0.25, -0.2) is 4.39 Å². The zero-order chi connectivity index (χ0) is 26.1. The van der Waals surface area contributed by atoms with Crippen LogP contribution in [0.15, 0.2) is 42.5 Å². The van der Waals surface area contributed by atoms with E-state index in [4.69, 9.17) is 14.7 Å². The summed E-state index contributed by atoms with van der Waals surface area (Å²) < 4.78 is 20.1. The quantitative estimate of drug-likeness (QED) is 0.536. The fourth-order valence-corrected chi connectivity index (χ4v) is 6.05. The van der Waals surface area contributed by atoms with Gasteiger partial charge in [0.2, 0.25) is 0 Å². The zero-order valence-corrected chi connectivity index (χ0v) is 21.8. The summed E-state index contributed by atoms with van der Waals surface area (Å²) >= 11 is 0. The van der Waals surface area contributed by atoms with Crippen LogP contribution in [0.4, 0.5) is 15.9 Å². The number of likely N-dealkylation sites (N-methyl/N-ethyl adjacent to an activating group) is 1. The molecule has 8 nitrogen and oxygen atoms in total. The third-order valence-corrected chi connectivity index (χ3v) is 8.06. The highest BCUT2D eigenvalue weighted by Crippen LogP contribution is 2.34. The first-order valence-electron chi connectivity index (χ1n) is 13.5. The zero-order valence-electron chi connectivity index (χ0n) is 21.8. The van der Waals surface area contributed by atoms with E-state index in [1.165, 1.54) is 16.5 Å². The molecule has 0 radical (unpaired) electrons. The summed E-state index contributed by atoms with van der Waals surface area (Å²) in [5, 5.41) is 15.1. The maximum Gasteiger partial charge on any atom is 0.318 e. The fraction of sp³-hybridized carbons (Fsp3) is 0.483. The average Bonchev–Trinajstić information content (AvgIpc) is 3.27. The first-order chi connectivity index (χ1) is 18.6. The first kappa shape index (κ1) is 24.8. The number of fused-ring (bicyclic) bond motifs is 2. The Bertz CT molecular complexity index is 1340. The normalized spacial score (nSPS) is 23.9. The summed E-state index contributed by atoms with van der Waals surface area (Å²) in [5.41, 5.74) is 3.34.